The molecule has 0 saturated heterocycles. The van der Waals surface area contributed by atoms with E-state index < -0.39 is 0 Å². The second kappa shape index (κ2) is 9.34. The van der Waals surface area contributed by atoms with Gasteiger partial charge in [-0.2, -0.15) is 0 Å². The van der Waals surface area contributed by atoms with E-state index in [0.29, 0.717) is 0 Å². The lowest BCUT2D eigenvalue weighted by Crippen LogP contribution is -1.97. The summed E-state index contributed by atoms with van der Waals surface area (Å²) in [6, 6.07) is 1.52. The molecular formula is C10H21ClSi. The summed E-state index contributed by atoms with van der Waals surface area (Å²) in [5.41, 5.74) is 1.63. The van der Waals surface area contributed by atoms with Gasteiger partial charge in [0.2, 0.25) is 0 Å². The molecule has 0 nitrogen and oxygen atoms in total. The van der Waals surface area contributed by atoms with Crippen LogP contribution in [-0.4, -0.2) is 8.80 Å². The van der Waals surface area contributed by atoms with Crippen LogP contribution < -0.4 is 0 Å². The fourth-order valence-electron chi connectivity index (χ4n) is 1.23. The molecule has 0 fully saturated rings. The van der Waals surface area contributed by atoms with Crippen molar-refractivity contribution >= 4 is 20.4 Å². The first-order valence-corrected chi connectivity index (χ1v) is 8.59. The minimum atomic E-state index is -0.270. The lowest BCUT2D eigenvalue weighted by atomic mass is 10.1. The Balaban J connectivity index is 2.91. The quantitative estimate of drug-likeness (QED) is 0.431. The molecule has 0 unspecified atom stereocenters. The highest BCUT2D eigenvalue weighted by Gasteiger charge is 1.94. The Bertz CT molecular complexity index is 110. The fourth-order valence-corrected chi connectivity index (χ4v) is 2.46. The lowest BCUT2D eigenvalue weighted by molar-refractivity contribution is 0.672. The van der Waals surface area contributed by atoms with E-state index in [1.807, 2.05) is 6.08 Å². The van der Waals surface area contributed by atoms with Crippen LogP contribution in [-0.2, 0) is 0 Å². The summed E-state index contributed by atoms with van der Waals surface area (Å²) in [4.78, 5) is 0. The van der Waals surface area contributed by atoms with Gasteiger partial charge in [-0.15, -0.1) is 0 Å². The van der Waals surface area contributed by atoms with Crippen molar-refractivity contribution in [2.75, 3.05) is 0 Å². The molecule has 0 heterocycles. The lowest BCUT2D eigenvalue weighted by Gasteiger charge is -2.01. The van der Waals surface area contributed by atoms with Gasteiger partial charge in [0.15, 0.2) is 0 Å². The Hall–Kier alpha value is 0.247. The second-order valence-corrected chi connectivity index (χ2v) is 7.36. The van der Waals surface area contributed by atoms with E-state index in [1.165, 1.54) is 31.7 Å². The van der Waals surface area contributed by atoms with Crippen molar-refractivity contribution in [3.8, 4) is 0 Å². The van der Waals surface area contributed by atoms with Crippen molar-refractivity contribution in [1.29, 1.82) is 0 Å². The summed E-state index contributed by atoms with van der Waals surface area (Å²) in [6.07, 6.45) is 8.75. The van der Waals surface area contributed by atoms with Gasteiger partial charge in [0, 0.05) is 14.3 Å². The average Bonchev–Trinajstić information content (AvgIpc) is 2.02. The van der Waals surface area contributed by atoms with E-state index in [-0.39, 0.29) is 8.80 Å². The molecule has 0 N–H and O–H groups in total. The molecule has 2 heteroatoms. The molecule has 72 valence electrons. The van der Waals surface area contributed by atoms with Crippen molar-refractivity contribution in [1.82, 2.24) is 0 Å². The van der Waals surface area contributed by atoms with E-state index in [2.05, 4.69) is 13.1 Å². The molecule has 0 rings (SSSR count). The third-order valence-electron chi connectivity index (χ3n) is 1.99. The monoisotopic (exact) mass is 204 g/mol. The van der Waals surface area contributed by atoms with E-state index in [1.54, 1.807) is 5.54 Å². The molecule has 0 aliphatic heterocycles. The molecular weight excluding hydrogens is 184 g/mol. The largest absolute Gasteiger partial charge is 0.0933 e. The molecule has 0 bridgehead atoms. The van der Waals surface area contributed by atoms with Gasteiger partial charge < -0.3 is 0 Å². The van der Waals surface area contributed by atoms with Crippen LogP contribution >= 0.6 is 11.6 Å². The van der Waals surface area contributed by atoms with Crippen LogP contribution in [0.25, 0.3) is 0 Å². The smallest absolute Gasteiger partial charge is 0.0305 e. The molecule has 0 aromatic rings. The van der Waals surface area contributed by atoms with Crippen molar-refractivity contribution < 1.29 is 0 Å². The summed E-state index contributed by atoms with van der Waals surface area (Å²) >= 11 is 5.41. The first kappa shape index (κ1) is 12.2. The van der Waals surface area contributed by atoms with E-state index in [0.717, 1.165) is 6.42 Å². The van der Waals surface area contributed by atoms with Gasteiger partial charge in [0.05, 0.1) is 0 Å². The molecule has 0 aromatic carbocycles. The van der Waals surface area contributed by atoms with E-state index in [9.17, 15) is 0 Å². The Morgan fingerprint density at radius 2 is 1.75 bits per heavy atom. The number of rotatable bonds is 7. The van der Waals surface area contributed by atoms with Crippen LogP contribution in [0.3, 0.4) is 0 Å². The van der Waals surface area contributed by atoms with Gasteiger partial charge in [0.25, 0.3) is 0 Å². The Labute approximate surface area is 83.6 Å². The first-order valence-electron chi connectivity index (χ1n) is 5.02. The highest BCUT2D eigenvalue weighted by molar-refractivity contribution is 6.55. The maximum atomic E-state index is 5.41. The predicted molar refractivity (Wildman–Crippen MR) is 61.8 cm³/mol. The summed E-state index contributed by atoms with van der Waals surface area (Å²) in [7, 11) is -0.270. The summed E-state index contributed by atoms with van der Waals surface area (Å²) < 4.78 is 0. The zero-order chi connectivity index (χ0) is 9.23. The molecule has 0 spiro atoms. The molecule has 0 radical (unpaired) electrons. The van der Waals surface area contributed by atoms with Crippen LogP contribution in [0.15, 0.2) is 11.6 Å². The molecule has 0 aliphatic carbocycles. The number of halogens is 1. The number of hydrogen-bond donors (Lipinski definition) is 0. The second-order valence-electron chi connectivity index (χ2n) is 3.75. The minimum Gasteiger partial charge on any atom is -0.0933 e. The number of hydrogen-bond acceptors (Lipinski definition) is 0. The third kappa shape index (κ3) is 10.2. The standard InChI is InChI=1S/C10H21ClSi/c1-12(2)10-8-6-4-3-5-7-9-11/h7,9,12H,3-6,8,10H2,1-2H3. The average molecular weight is 205 g/mol. The van der Waals surface area contributed by atoms with Crippen molar-refractivity contribution in [2.45, 2.75) is 51.2 Å². The van der Waals surface area contributed by atoms with Crippen LogP contribution in [0.2, 0.25) is 19.1 Å². The fraction of sp³-hybridized carbons (Fsp3) is 0.800. The topological polar surface area (TPSA) is 0 Å². The van der Waals surface area contributed by atoms with E-state index in [4.69, 9.17) is 11.6 Å². The Kier molecular flexibility index (Phi) is 9.53. The number of allylic oxidation sites excluding steroid dienone is 1. The highest BCUT2D eigenvalue weighted by Crippen LogP contribution is 2.08. The van der Waals surface area contributed by atoms with Gasteiger partial charge in [-0.3, -0.25) is 0 Å². The van der Waals surface area contributed by atoms with Gasteiger partial charge in [-0.05, 0) is 12.8 Å². The van der Waals surface area contributed by atoms with Gasteiger partial charge >= 0.3 is 0 Å². The van der Waals surface area contributed by atoms with Crippen molar-refractivity contribution in [3.05, 3.63) is 11.6 Å². The normalized spacial score (nSPS) is 11.7. The molecule has 0 aromatic heterocycles. The predicted octanol–water partition coefficient (Wildman–Crippen LogP) is 4.18. The highest BCUT2D eigenvalue weighted by atomic mass is 35.5. The van der Waals surface area contributed by atoms with Crippen LogP contribution in [0, 0.1) is 0 Å². The van der Waals surface area contributed by atoms with Crippen molar-refractivity contribution in [3.63, 3.8) is 0 Å². The zero-order valence-corrected chi connectivity index (χ0v) is 10.3. The van der Waals surface area contributed by atoms with Crippen LogP contribution in [0.4, 0.5) is 0 Å². The third-order valence-corrected chi connectivity index (χ3v) is 3.73. The molecule has 0 aliphatic rings. The Morgan fingerprint density at radius 1 is 1.08 bits per heavy atom. The summed E-state index contributed by atoms with van der Waals surface area (Å²) in [5.74, 6) is 0. The van der Waals surface area contributed by atoms with Gasteiger partial charge in [0.1, 0.15) is 0 Å². The minimum absolute atomic E-state index is 0.270. The summed E-state index contributed by atoms with van der Waals surface area (Å²) in [6.45, 7) is 4.85. The maximum absolute atomic E-state index is 5.41. The van der Waals surface area contributed by atoms with Crippen LogP contribution in [0.1, 0.15) is 32.1 Å². The first-order chi connectivity index (χ1) is 5.77. The Morgan fingerprint density at radius 3 is 2.33 bits per heavy atom. The van der Waals surface area contributed by atoms with Gasteiger partial charge in [-0.25, -0.2) is 0 Å². The molecule has 0 atom stereocenters. The van der Waals surface area contributed by atoms with Crippen molar-refractivity contribution in [2.24, 2.45) is 0 Å². The molecule has 0 saturated carbocycles. The zero-order valence-electron chi connectivity index (χ0n) is 8.35. The van der Waals surface area contributed by atoms with Crippen LogP contribution in [0.5, 0.6) is 0 Å². The number of unbranched alkanes of at least 4 members (excludes halogenated alkanes) is 4. The SMILES string of the molecule is C[SiH](C)CCCCCCC=CCl. The molecule has 12 heavy (non-hydrogen) atoms. The maximum Gasteiger partial charge on any atom is 0.0305 e. The van der Waals surface area contributed by atoms with Gasteiger partial charge in [-0.1, -0.05) is 56.1 Å². The molecule has 0 amide bonds. The van der Waals surface area contributed by atoms with E-state index >= 15 is 0 Å². The summed E-state index contributed by atoms with van der Waals surface area (Å²) in [5, 5.41) is 0.